The first kappa shape index (κ1) is 15.7. The second-order valence-electron chi connectivity index (χ2n) is 6.62. The van der Waals surface area contributed by atoms with Gasteiger partial charge < -0.3 is 5.32 Å². The van der Waals surface area contributed by atoms with Gasteiger partial charge in [0.25, 0.3) is 5.91 Å². The number of rotatable bonds is 6. The van der Waals surface area contributed by atoms with Crippen LogP contribution in [0.1, 0.15) is 46.1 Å². The van der Waals surface area contributed by atoms with Gasteiger partial charge in [-0.2, -0.15) is 0 Å². The predicted molar refractivity (Wildman–Crippen MR) is 90.9 cm³/mol. The summed E-state index contributed by atoms with van der Waals surface area (Å²) in [6.07, 6.45) is 3.54. The quantitative estimate of drug-likeness (QED) is 0.843. The van der Waals surface area contributed by atoms with Gasteiger partial charge in [-0.25, -0.2) is 4.39 Å². The van der Waals surface area contributed by atoms with Crippen LogP contribution >= 0.6 is 11.3 Å². The molecule has 7 heteroatoms. The Morgan fingerprint density at radius 3 is 2.92 bits per heavy atom. The number of carbonyl (C=O) groups is 1. The SMILES string of the molecule is Cc1nnc(NC(=O)c2ccc(F)c([C@@H]3C[C@H]3NCC3CC3)c2)s1. The van der Waals surface area contributed by atoms with E-state index in [0.717, 1.165) is 23.9 Å². The highest BCUT2D eigenvalue weighted by Crippen LogP contribution is 2.43. The molecule has 1 aromatic heterocycles. The number of nitrogens with one attached hydrogen (secondary N) is 2. The average Bonchev–Trinajstić information content (AvgIpc) is 3.46. The van der Waals surface area contributed by atoms with Gasteiger partial charge in [0.1, 0.15) is 10.8 Å². The summed E-state index contributed by atoms with van der Waals surface area (Å²) < 4.78 is 14.2. The summed E-state index contributed by atoms with van der Waals surface area (Å²) >= 11 is 1.31. The van der Waals surface area contributed by atoms with Gasteiger partial charge in [0, 0.05) is 17.5 Å². The lowest BCUT2D eigenvalue weighted by Crippen LogP contribution is -2.20. The standard InChI is InChI=1S/C17H19FN4OS/c1-9-21-22-17(24-9)20-16(23)11-4-5-14(18)12(6-11)13-7-15(13)19-8-10-2-3-10/h4-6,10,13,15,19H,2-3,7-8H2,1H3,(H,20,22,23)/t13-,15+/m0/s1. The Balaban J connectivity index is 1.44. The number of hydrogen-bond acceptors (Lipinski definition) is 5. The fraction of sp³-hybridized carbons (Fsp3) is 0.471. The topological polar surface area (TPSA) is 66.9 Å². The Morgan fingerprint density at radius 2 is 2.21 bits per heavy atom. The summed E-state index contributed by atoms with van der Waals surface area (Å²) in [5.74, 6) is 0.457. The number of benzene rings is 1. The van der Waals surface area contributed by atoms with Crippen LogP contribution in [0.15, 0.2) is 18.2 Å². The molecule has 4 rings (SSSR count). The van der Waals surface area contributed by atoms with Crippen molar-refractivity contribution in [1.82, 2.24) is 15.5 Å². The Hall–Kier alpha value is -1.86. The second kappa shape index (κ2) is 6.22. The molecule has 1 heterocycles. The minimum atomic E-state index is -0.282. The normalized spacial score (nSPS) is 22.4. The molecule has 2 atom stereocenters. The van der Waals surface area contributed by atoms with Gasteiger partial charge in [0.15, 0.2) is 0 Å². The molecule has 0 radical (unpaired) electrons. The van der Waals surface area contributed by atoms with Crippen LogP contribution in [0.2, 0.25) is 0 Å². The molecule has 1 aromatic carbocycles. The maximum atomic E-state index is 14.2. The lowest BCUT2D eigenvalue weighted by atomic mass is 10.1. The number of anilines is 1. The van der Waals surface area contributed by atoms with E-state index in [-0.39, 0.29) is 17.6 Å². The Morgan fingerprint density at radius 1 is 1.38 bits per heavy atom. The van der Waals surface area contributed by atoms with Crippen molar-refractivity contribution in [2.75, 3.05) is 11.9 Å². The average molecular weight is 346 g/mol. The van der Waals surface area contributed by atoms with Gasteiger partial charge in [-0.15, -0.1) is 10.2 Å². The third-order valence-corrected chi connectivity index (χ3v) is 5.31. The number of halogens is 1. The van der Waals surface area contributed by atoms with Crippen LogP contribution in [0.3, 0.4) is 0 Å². The molecule has 0 saturated heterocycles. The van der Waals surface area contributed by atoms with E-state index in [1.165, 1.54) is 36.3 Å². The van der Waals surface area contributed by atoms with E-state index in [4.69, 9.17) is 0 Å². The molecule has 24 heavy (non-hydrogen) atoms. The van der Waals surface area contributed by atoms with Crippen molar-refractivity contribution in [2.45, 2.75) is 38.1 Å². The minimum absolute atomic E-state index is 0.167. The van der Waals surface area contributed by atoms with Crippen molar-refractivity contribution < 1.29 is 9.18 Å². The van der Waals surface area contributed by atoms with Gasteiger partial charge in [-0.1, -0.05) is 11.3 Å². The van der Waals surface area contributed by atoms with Crippen LogP contribution in [-0.2, 0) is 0 Å². The molecule has 2 fully saturated rings. The molecule has 1 amide bonds. The van der Waals surface area contributed by atoms with E-state index in [1.807, 2.05) is 6.92 Å². The molecule has 2 aliphatic rings. The molecule has 2 aromatic rings. The molecular formula is C17H19FN4OS. The van der Waals surface area contributed by atoms with Crippen LogP contribution in [0.4, 0.5) is 9.52 Å². The molecule has 2 aliphatic carbocycles. The molecule has 0 unspecified atom stereocenters. The zero-order valence-electron chi connectivity index (χ0n) is 13.4. The van der Waals surface area contributed by atoms with E-state index >= 15 is 0 Å². The van der Waals surface area contributed by atoms with E-state index in [9.17, 15) is 9.18 Å². The number of nitrogens with zero attached hydrogens (tertiary/aromatic N) is 2. The summed E-state index contributed by atoms with van der Waals surface area (Å²) in [7, 11) is 0. The first-order valence-corrected chi connectivity index (χ1v) is 9.06. The highest BCUT2D eigenvalue weighted by atomic mass is 32.1. The third-order valence-electron chi connectivity index (χ3n) is 4.56. The molecule has 2 saturated carbocycles. The van der Waals surface area contributed by atoms with E-state index < -0.39 is 0 Å². The molecule has 2 N–H and O–H groups in total. The van der Waals surface area contributed by atoms with E-state index in [0.29, 0.717) is 22.3 Å². The number of aryl methyl sites for hydroxylation is 1. The summed E-state index contributed by atoms with van der Waals surface area (Å²) in [4.78, 5) is 12.3. The second-order valence-corrected chi connectivity index (χ2v) is 7.80. The highest BCUT2D eigenvalue weighted by molar-refractivity contribution is 7.15. The number of carbonyl (C=O) groups excluding carboxylic acids is 1. The summed E-state index contributed by atoms with van der Waals surface area (Å²) in [6.45, 7) is 2.85. The van der Waals surface area contributed by atoms with Crippen molar-refractivity contribution >= 4 is 22.4 Å². The Bertz CT molecular complexity index is 774. The van der Waals surface area contributed by atoms with E-state index in [2.05, 4.69) is 20.8 Å². The van der Waals surface area contributed by atoms with Crippen LogP contribution in [-0.4, -0.2) is 28.7 Å². The fourth-order valence-corrected chi connectivity index (χ4v) is 3.48. The van der Waals surface area contributed by atoms with Gasteiger partial charge in [-0.05, 0) is 62.4 Å². The van der Waals surface area contributed by atoms with Gasteiger partial charge >= 0.3 is 0 Å². The summed E-state index contributed by atoms with van der Waals surface area (Å²) in [5.41, 5.74) is 1.08. The Labute approximate surface area is 143 Å². The molecule has 126 valence electrons. The molecule has 0 spiro atoms. The lowest BCUT2D eigenvalue weighted by molar-refractivity contribution is 0.102. The van der Waals surface area contributed by atoms with Gasteiger partial charge in [0.05, 0.1) is 0 Å². The van der Waals surface area contributed by atoms with Crippen LogP contribution in [0.5, 0.6) is 0 Å². The largest absolute Gasteiger partial charge is 0.313 e. The van der Waals surface area contributed by atoms with E-state index in [1.54, 1.807) is 6.07 Å². The van der Waals surface area contributed by atoms with Crippen LogP contribution < -0.4 is 10.6 Å². The molecule has 0 aliphatic heterocycles. The van der Waals surface area contributed by atoms with Crippen molar-refractivity contribution in [2.24, 2.45) is 5.92 Å². The zero-order chi connectivity index (χ0) is 16.7. The Kier molecular flexibility index (Phi) is 4.05. The van der Waals surface area contributed by atoms with Crippen molar-refractivity contribution in [3.8, 4) is 0 Å². The lowest BCUT2D eigenvalue weighted by Gasteiger charge is -2.07. The summed E-state index contributed by atoms with van der Waals surface area (Å²) in [5, 5.41) is 15.2. The van der Waals surface area contributed by atoms with Crippen molar-refractivity contribution in [3.63, 3.8) is 0 Å². The smallest absolute Gasteiger partial charge is 0.257 e. The fourth-order valence-electron chi connectivity index (χ4n) is 2.89. The van der Waals surface area contributed by atoms with Gasteiger partial charge in [0.2, 0.25) is 5.13 Å². The maximum Gasteiger partial charge on any atom is 0.257 e. The number of amides is 1. The molecule has 0 bridgehead atoms. The first-order chi connectivity index (χ1) is 11.6. The first-order valence-electron chi connectivity index (χ1n) is 8.24. The predicted octanol–water partition coefficient (Wildman–Crippen LogP) is 3.09. The summed E-state index contributed by atoms with van der Waals surface area (Å²) in [6, 6.07) is 4.90. The maximum absolute atomic E-state index is 14.2. The van der Waals surface area contributed by atoms with Crippen LogP contribution in [0.25, 0.3) is 0 Å². The van der Waals surface area contributed by atoms with Gasteiger partial charge in [-0.3, -0.25) is 10.1 Å². The van der Waals surface area contributed by atoms with Crippen LogP contribution in [0, 0.1) is 18.7 Å². The van der Waals surface area contributed by atoms with Crippen molar-refractivity contribution in [3.05, 3.63) is 40.2 Å². The number of hydrogen-bond donors (Lipinski definition) is 2. The third kappa shape index (κ3) is 3.47. The molecule has 5 nitrogen and oxygen atoms in total. The zero-order valence-corrected chi connectivity index (χ0v) is 14.2. The number of aromatic nitrogens is 2. The molecular weight excluding hydrogens is 327 g/mol. The minimum Gasteiger partial charge on any atom is -0.313 e. The van der Waals surface area contributed by atoms with Crippen molar-refractivity contribution in [1.29, 1.82) is 0 Å². The highest BCUT2D eigenvalue weighted by Gasteiger charge is 2.40. The monoisotopic (exact) mass is 346 g/mol.